The van der Waals surface area contributed by atoms with Crippen LogP contribution in [0, 0.1) is 0 Å². The van der Waals surface area contributed by atoms with Gasteiger partial charge in [0.25, 0.3) is 0 Å². The van der Waals surface area contributed by atoms with E-state index < -0.39 is 15.9 Å². The normalized spacial score (nSPS) is 11.2. The maximum Gasteiger partial charge on any atom is 0.240 e. The van der Waals surface area contributed by atoms with Gasteiger partial charge in [0.1, 0.15) is 5.82 Å². The van der Waals surface area contributed by atoms with Crippen LogP contribution in [0.4, 0.5) is 5.82 Å². The average Bonchev–Trinajstić information content (AvgIpc) is 2.38. The first-order chi connectivity index (χ1) is 8.95. The van der Waals surface area contributed by atoms with Crippen LogP contribution < -0.4 is 21.7 Å². The first-order valence-corrected chi connectivity index (χ1v) is 7.14. The number of anilines is 1. The van der Waals surface area contributed by atoms with Crippen LogP contribution in [-0.2, 0) is 14.8 Å². The van der Waals surface area contributed by atoms with Gasteiger partial charge in [0, 0.05) is 25.2 Å². The van der Waals surface area contributed by atoms with Gasteiger partial charge in [0.2, 0.25) is 15.9 Å². The van der Waals surface area contributed by atoms with E-state index >= 15 is 0 Å². The van der Waals surface area contributed by atoms with Gasteiger partial charge in [-0.1, -0.05) is 0 Å². The van der Waals surface area contributed by atoms with E-state index in [1.54, 1.807) is 0 Å². The molecule has 9 heteroatoms. The standard InChI is InChI=1S/C10H17N5O3S/c11-9(16)3-1-2-5-14-19(17,18)8-4-6-13-10(7-8)15-12/h4,6-7,14H,1-3,5,12H2,(H2,11,16)(H,13,15). The number of pyridine rings is 1. The fourth-order valence-electron chi connectivity index (χ4n) is 1.37. The van der Waals surface area contributed by atoms with Crippen LogP contribution in [0.1, 0.15) is 19.3 Å². The number of nitrogen functional groups attached to an aromatic ring is 1. The molecule has 0 saturated carbocycles. The molecular weight excluding hydrogens is 270 g/mol. The van der Waals surface area contributed by atoms with E-state index in [1.807, 2.05) is 0 Å². The fourth-order valence-corrected chi connectivity index (χ4v) is 2.46. The number of hydrogen-bond donors (Lipinski definition) is 4. The molecule has 1 aromatic rings. The first-order valence-electron chi connectivity index (χ1n) is 5.66. The number of nitrogens with one attached hydrogen (secondary N) is 2. The van der Waals surface area contributed by atoms with Crippen molar-refractivity contribution >= 4 is 21.7 Å². The fraction of sp³-hybridized carbons (Fsp3) is 0.400. The second kappa shape index (κ2) is 7.02. The number of carbonyl (C=O) groups is 1. The SMILES string of the molecule is NNc1cc(S(=O)(=O)NCCCCC(N)=O)ccn1. The predicted molar refractivity (Wildman–Crippen MR) is 70.3 cm³/mol. The van der Waals surface area contributed by atoms with Crippen molar-refractivity contribution in [1.82, 2.24) is 9.71 Å². The van der Waals surface area contributed by atoms with Crippen molar-refractivity contribution in [3.05, 3.63) is 18.3 Å². The molecule has 1 heterocycles. The molecule has 19 heavy (non-hydrogen) atoms. The number of nitrogens with zero attached hydrogens (tertiary/aromatic N) is 1. The minimum Gasteiger partial charge on any atom is -0.370 e. The van der Waals surface area contributed by atoms with Crippen LogP contribution >= 0.6 is 0 Å². The Bertz CT molecular complexity index is 532. The zero-order valence-electron chi connectivity index (χ0n) is 10.3. The quantitative estimate of drug-likeness (QED) is 0.283. The highest BCUT2D eigenvalue weighted by atomic mass is 32.2. The molecule has 1 rings (SSSR count). The largest absolute Gasteiger partial charge is 0.370 e. The van der Waals surface area contributed by atoms with Gasteiger partial charge in [-0.3, -0.25) is 4.79 Å². The average molecular weight is 287 g/mol. The summed E-state index contributed by atoms with van der Waals surface area (Å²) in [6.45, 7) is 0.239. The van der Waals surface area contributed by atoms with Gasteiger partial charge in [-0.2, -0.15) is 0 Å². The van der Waals surface area contributed by atoms with Crippen LogP contribution in [0.5, 0.6) is 0 Å². The maximum atomic E-state index is 11.9. The summed E-state index contributed by atoms with van der Waals surface area (Å²) in [4.78, 5) is 14.4. The van der Waals surface area contributed by atoms with E-state index in [0.29, 0.717) is 12.8 Å². The van der Waals surface area contributed by atoms with Crippen molar-refractivity contribution in [2.45, 2.75) is 24.2 Å². The third kappa shape index (κ3) is 5.20. The van der Waals surface area contributed by atoms with Crippen molar-refractivity contribution in [1.29, 1.82) is 0 Å². The van der Waals surface area contributed by atoms with E-state index in [2.05, 4.69) is 15.1 Å². The van der Waals surface area contributed by atoms with Crippen molar-refractivity contribution in [3.8, 4) is 0 Å². The minimum absolute atomic E-state index is 0.0744. The number of hydrogen-bond acceptors (Lipinski definition) is 6. The predicted octanol–water partition coefficient (Wildman–Crippen LogP) is -0.699. The molecule has 106 valence electrons. The number of aromatic nitrogens is 1. The molecule has 0 bridgehead atoms. The summed E-state index contributed by atoms with van der Waals surface area (Å²) in [6.07, 6.45) is 2.67. The Morgan fingerprint density at radius 3 is 2.74 bits per heavy atom. The van der Waals surface area contributed by atoms with Gasteiger partial charge in [-0.25, -0.2) is 24.0 Å². The molecular formula is C10H17N5O3S. The van der Waals surface area contributed by atoms with Gasteiger partial charge >= 0.3 is 0 Å². The highest BCUT2D eigenvalue weighted by Gasteiger charge is 2.13. The summed E-state index contributed by atoms with van der Waals surface area (Å²) in [5.41, 5.74) is 7.25. The molecule has 0 radical (unpaired) electrons. The number of rotatable bonds is 8. The van der Waals surface area contributed by atoms with Crippen LogP contribution in [0.15, 0.2) is 23.2 Å². The third-order valence-electron chi connectivity index (χ3n) is 2.33. The van der Waals surface area contributed by atoms with Gasteiger partial charge in [-0.15, -0.1) is 0 Å². The lowest BCUT2D eigenvalue weighted by Crippen LogP contribution is -2.25. The van der Waals surface area contributed by atoms with E-state index in [9.17, 15) is 13.2 Å². The zero-order valence-corrected chi connectivity index (χ0v) is 11.1. The number of hydrazine groups is 1. The van der Waals surface area contributed by atoms with Crippen LogP contribution in [0.3, 0.4) is 0 Å². The Morgan fingerprint density at radius 1 is 1.37 bits per heavy atom. The number of primary amides is 1. The highest BCUT2D eigenvalue weighted by Crippen LogP contribution is 2.11. The molecule has 0 saturated heterocycles. The second-order valence-electron chi connectivity index (χ2n) is 3.84. The lowest BCUT2D eigenvalue weighted by molar-refractivity contribution is -0.118. The molecule has 0 atom stereocenters. The van der Waals surface area contributed by atoms with E-state index in [0.717, 1.165) is 0 Å². The number of carbonyl (C=O) groups excluding carboxylic acids is 1. The Kier molecular flexibility index (Phi) is 5.67. The zero-order chi connectivity index (χ0) is 14.3. The molecule has 8 nitrogen and oxygen atoms in total. The Labute approximate surface area is 111 Å². The van der Waals surface area contributed by atoms with Crippen molar-refractivity contribution in [2.75, 3.05) is 12.0 Å². The minimum atomic E-state index is -3.60. The molecule has 0 aromatic carbocycles. The highest BCUT2D eigenvalue weighted by molar-refractivity contribution is 7.89. The second-order valence-corrected chi connectivity index (χ2v) is 5.61. The molecule has 0 aliphatic rings. The summed E-state index contributed by atoms with van der Waals surface area (Å²) >= 11 is 0. The number of unbranched alkanes of at least 4 members (excludes halogenated alkanes) is 1. The third-order valence-corrected chi connectivity index (χ3v) is 3.79. The Morgan fingerprint density at radius 2 is 2.11 bits per heavy atom. The van der Waals surface area contributed by atoms with Crippen LogP contribution in [0.25, 0.3) is 0 Å². The molecule has 0 aliphatic carbocycles. The van der Waals surface area contributed by atoms with Gasteiger partial charge in [-0.05, 0) is 18.9 Å². The summed E-state index contributed by atoms with van der Waals surface area (Å²) in [6, 6.07) is 2.69. The molecule has 0 fully saturated rings. The summed E-state index contributed by atoms with van der Waals surface area (Å²) in [7, 11) is -3.60. The van der Waals surface area contributed by atoms with E-state index in [4.69, 9.17) is 11.6 Å². The summed E-state index contributed by atoms with van der Waals surface area (Å²) in [5, 5.41) is 0. The van der Waals surface area contributed by atoms with E-state index in [-0.39, 0.29) is 23.7 Å². The molecule has 1 amide bonds. The topological polar surface area (TPSA) is 140 Å². The smallest absolute Gasteiger partial charge is 0.240 e. The number of amides is 1. The number of nitrogens with two attached hydrogens (primary N) is 2. The van der Waals surface area contributed by atoms with Crippen molar-refractivity contribution in [2.24, 2.45) is 11.6 Å². The van der Waals surface area contributed by atoms with Crippen LogP contribution in [0.2, 0.25) is 0 Å². The van der Waals surface area contributed by atoms with Crippen molar-refractivity contribution < 1.29 is 13.2 Å². The van der Waals surface area contributed by atoms with Gasteiger partial charge in [0.05, 0.1) is 4.90 Å². The first kappa shape index (κ1) is 15.3. The van der Waals surface area contributed by atoms with Gasteiger partial charge in [0.15, 0.2) is 0 Å². The Balaban J connectivity index is 2.53. The lowest BCUT2D eigenvalue weighted by atomic mass is 10.2. The monoisotopic (exact) mass is 287 g/mol. The molecule has 6 N–H and O–H groups in total. The maximum absolute atomic E-state index is 11.9. The molecule has 0 spiro atoms. The lowest BCUT2D eigenvalue weighted by Gasteiger charge is -2.07. The van der Waals surface area contributed by atoms with E-state index in [1.165, 1.54) is 18.3 Å². The van der Waals surface area contributed by atoms with Crippen molar-refractivity contribution in [3.63, 3.8) is 0 Å². The molecule has 0 unspecified atom stereocenters. The summed E-state index contributed by atoms with van der Waals surface area (Å²) < 4.78 is 26.2. The molecule has 1 aromatic heterocycles. The summed E-state index contributed by atoms with van der Waals surface area (Å²) in [5.74, 6) is 5.03. The Hall–Kier alpha value is -1.71. The van der Waals surface area contributed by atoms with Crippen LogP contribution in [-0.4, -0.2) is 25.9 Å². The number of sulfonamides is 1. The van der Waals surface area contributed by atoms with Gasteiger partial charge < -0.3 is 11.2 Å². The molecule has 0 aliphatic heterocycles.